The topological polar surface area (TPSA) is 64.4 Å². The second-order valence-corrected chi connectivity index (χ2v) is 5.52. The molecule has 0 radical (unpaired) electrons. The van der Waals surface area contributed by atoms with E-state index in [9.17, 15) is 4.79 Å². The second-order valence-electron chi connectivity index (χ2n) is 5.52. The summed E-state index contributed by atoms with van der Waals surface area (Å²) in [4.78, 5) is 12.2. The quantitative estimate of drug-likeness (QED) is 0.826. The standard InChI is InChI=1S/C19H24N2O2/c1-3-17(23-18-7-5-4-6-14(18)2)13-21-19(22)16-10-8-15(12-20)9-11-16/h4-11,17H,3,12-13,20H2,1-2H3,(H,21,22). The van der Waals surface area contributed by atoms with Crippen LogP contribution < -0.4 is 15.8 Å². The van der Waals surface area contributed by atoms with Crippen molar-refractivity contribution in [1.82, 2.24) is 5.32 Å². The number of para-hydroxylation sites is 1. The molecule has 0 aliphatic carbocycles. The van der Waals surface area contributed by atoms with E-state index in [0.29, 0.717) is 18.7 Å². The van der Waals surface area contributed by atoms with Gasteiger partial charge in [0.2, 0.25) is 0 Å². The number of benzene rings is 2. The van der Waals surface area contributed by atoms with Gasteiger partial charge in [-0.1, -0.05) is 37.3 Å². The number of nitrogens with one attached hydrogen (secondary N) is 1. The molecule has 1 unspecified atom stereocenters. The van der Waals surface area contributed by atoms with Crippen molar-refractivity contribution in [2.45, 2.75) is 32.9 Å². The third-order valence-corrected chi connectivity index (χ3v) is 3.78. The summed E-state index contributed by atoms with van der Waals surface area (Å²) >= 11 is 0. The van der Waals surface area contributed by atoms with Crippen molar-refractivity contribution in [1.29, 1.82) is 0 Å². The molecule has 0 aliphatic heterocycles. The second kappa shape index (κ2) is 8.34. The summed E-state index contributed by atoms with van der Waals surface area (Å²) in [7, 11) is 0. The van der Waals surface area contributed by atoms with Crippen LogP contribution in [0.4, 0.5) is 0 Å². The molecule has 0 saturated carbocycles. The predicted octanol–water partition coefficient (Wildman–Crippen LogP) is 3.04. The van der Waals surface area contributed by atoms with Crippen molar-refractivity contribution < 1.29 is 9.53 Å². The highest BCUT2D eigenvalue weighted by Crippen LogP contribution is 2.18. The Balaban J connectivity index is 1.91. The first-order valence-corrected chi connectivity index (χ1v) is 7.93. The Hall–Kier alpha value is -2.33. The van der Waals surface area contributed by atoms with Gasteiger partial charge in [0, 0.05) is 12.1 Å². The molecule has 3 N–H and O–H groups in total. The van der Waals surface area contributed by atoms with Crippen molar-refractivity contribution in [3.8, 4) is 5.75 Å². The first-order chi connectivity index (χ1) is 11.1. The third-order valence-electron chi connectivity index (χ3n) is 3.78. The van der Waals surface area contributed by atoms with E-state index in [2.05, 4.69) is 5.32 Å². The van der Waals surface area contributed by atoms with E-state index < -0.39 is 0 Å². The van der Waals surface area contributed by atoms with Gasteiger partial charge in [-0.15, -0.1) is 0 Å². The van der Waals surface area contributed by atoms with Gasteiger partial charge in [-0.25, -0.2) is 0 Å². The first-order valence-electron chi connectivity index (χ1n) is 7.93. The molecule has 2 aromatic rings. The van der Waals surface area contributed by atoms with Crippen LogP contribution in [0.15, 0.2) is 48.5 Å². The normalized spacial score (nSPS) is 11.8. The number of carbonyl (C=O) groups excluding carboxylic acids is 1. The Morgan fingerprint density at radius 3 is 2.48 bits per heavy atom. The summed E-state index contributed by atoms with van der Waals surface area (Å²) in [6.07, 6.45) is 0.768. The lowest BCUT2D eigenvalue weighted by atomic mass is 10.1. The molecule has 1 amide bonds. The largest absolute Gasteiger partial charge is 0.488 e. The number of ether oxygens (including phenoxy) is 1. The molecule has 0 aliphatic rings. The number of aryl methyl sites for hydroxylation is 1. The van der Waals surface area contributed by atoms with Gasteiger partial charge in [0.1, 0.15) is 11.9 Å². The van der Waals surface area contributed by atoms with E-state index in [1.807, 2.05) is 50.2 Å². The van der Waals surface area contributed by atoms with Crippen LogP contribution in [0.2, 0.25) is 0 Å². The lowest BCUT2D eigenvalue weighted by Gasteiger charge is -2.19. The van der Waals surface area contributed by atoms with E-state index in [-0.39, 0.29) is 12.0 Å². The average molecular weight is 312 g/mol. The van der Waals surface area contributed by atoms with Gasteiger partial charge >= 0.3 is 0 Å². The van der Waals surface area contributed by atoms with Crippen LogP contribution in [0.1, 0.15) is 34.8 Å². The Morgan fingerprint density at radius 2 is 1.87 bits per heavy atom. The molecular formula is C19H24N2O2. The van der Waals surface area contributed by atoms with Crippen molar-refractivity contribution in [2.75, 3.05) is 6.54 Å². The van der Waals surface area contributed by atoms with Crippen molar-refractivity contribution in [2.24, 2.45) is 5.73 Å². The molecule has 0 heterocycles. The van der Waals surface area contributed by atoms with Crippen molar-refractivity contribution in [3.05, 3.63) is 65.2 Å². The fourth-order valence-electron chi connectivity index (χ4n) is 2.24. The molecule has 0 saturated heterocycles. The van der Waals surface area contributed by atoms with E-state index >= 15 is 0 Å². The Kier molecular flexibility index (Phi) is 6.18. The summed E-state index contributed by atoms with van der Waals surface area (Å²) in [5.41, 5.74) is 8.30. The van der Waals surface area contributed by atoms with Crippen molar-refractivity contribution >= 4 is 5.91 Å². The highest BCUT2D eigenvalue weighted by Gasteiger charge is 2.12. The van der Waals surface area contributed by atoms with Crippen LogP contribution in [0.25, 0.3) is 0 Å². The number of hydrogen-bond acceptors (Lipinski definition) is 3. The van der Waals surface area contributed by atoms with Gasteiger partial charge in [0.05, 0.1) is 6.54 Å². The number of amides is 1. The van der Waals surface area contributed by atoms with Gasteiger partial charge in [0.15, 0.2) is 0 Å². The summed E-state index contributed by atoms with van der Waals surface area (Å²) in [5.74, 6) is 0.765. The maximum absolute atomic E-state index is 12.2. The molecule has 0 bridgehead atoms. The van der Waals surface area contributed by atoms with Crippen LogP contribution in [0, 0.1) is 6.92 Å². The zero-order valence-corrected chi connectivity index (χ0v) is 13.7. The Labute approximate surface area is 137 Å². The van der Waals surface area contributed by atoms with Gasteiger partial charge in [-0.3, -0.25) is 4.79 Å². The highest BCUT2D eigenvalue weighted by atomic mass is 16.5. The zero-order valence-electron chi connectivity index (χ0n) is 13.7. The van der Waals surface area contributed by atoms with E-state index in [0.717, 1.165) is 23.3 Å². The molecular weight excluding hydrogens is 288 g/mol. The molecule has 2 aromatic carbocycles. The van der Waals surface area contributed by atoms with Crippen LogP contribution in [0.5, 0.6) is 5.75 Å². The maximum atomic E-state index is 12.2. The molecule has 0 spiro atoms. The van der Waals surface area contributed by atoms with Crippen LogP contribution in [0.3, 0.4) is 0 Å². The van der Waals surface area contributed by atoms with E-state index in [1.165, 1.54) is 0 Å². The molecule has 122 valence electrons. The zero-order chi connectivity index (χ0) is 16.7. The minimum absolute atomic E-state index is 0.0524. The van der Waals surface area contributed by atoms with Crippen molar-refractivity contribution in [3.63, 3.8) is 0 Å². The monoisotopic (exact) mass is 312 g/mol. The Bertz CT molecular complexity index is 638. The number of rotatable bonds is 7. The smallest absolute Gasteiger partial charge is 0.251 e. The molecule has 2 rings (SSSR count). The molecule has 0 fully saturated rings. The molecule has 0 aromatic heterocycles. The Morgan fingerprint density at radius 1 is 1.17 bits per heavy atom. The maximum Gasteiger partial charge on any atom is 0.251 e. The lowest BCUT2D eigenvalue weighted by molar-refractivity contribution is 0.0926. The highest BCUT2D eigenvalue weighted by molar-refractivity contribution is 5.94. The fraction of sp³-hybridized carbons (Fsp3) is 0.316. The SMILES string of the molecule is CCC(CNC(=O)c1ccc(CN)cc1)Oc1ccccc1C. The fourth-order valence-corrected chi connectivity index (χ4v) is 2.24. The van der Waals surface area contributed by atoms with Gasteiger partial charge in [-0.2, -0.15) is 0 Å². The number of hydrogen-bond donors (Lipinski definition) is 2. The number of nitrogens with two attached hydrogens (primary N) is 1. The van der Waals surface area contributed by atoms with Crippen LogP contribution in [-0.2, 0) is 6.54 Å². The molecule has 23 heavy (non-hydrogen) atoms. The number of carbonyl (C=O) groups is 1. The van der Waals surface area contributed by atoms with Crippen LogP contribution in [-0.4, -0.2) is 18.6 Å². The third kappa shape index (κ3) is 4.83. The molecule has 4 heteroatoms. The van der Waals surface area contributed by atoms with Gasteiger partial charge in [-0.05, 0) is 42.7 Å². The predicted molar refractivity (Wildman–Crippen MR) is 92.6 cm³/mol. The summed E-state index contributed by atoms with van der Waals surface area (Å²) in [6.45, 7) is 5.01. The molecule has 1 atom stereocenters. The lowest BCUT2D eigenvalue weighted by Crippen LogP contribution is -2.35. The average Bonchev–Trinajstić information content (AvgIpc) is 2.60. The van der Waals surface area contributed by atoms with Gasteiger partial charge < -0.3 is 15.8 Å². The minimum Gasteiger partial charge on any atom is -0.488 e. The molecule has 4 nitrogen and oxygen atoms in total. The summed E-state index contributed by atoms with van der Waals surface area (Å²) in [5, 5.41) is 2.93. The minimum atomic E-state index is -0.0968. The van der Waals surface area contributed by atoms with E-state index in [1.54, 1.807) is 12.1 Å². The van der Waals surface area contributed by atoms with Gasteiger partial charge in [0.25, 0.3) is 5.91 Å². The summed E-state index contributed by atoms with van der Waals surface area (Å²) in [6, 6.07) is 15.2. The van der Waals surface area contributed by atoms with Crippen LogP contribution >= 0.6 is 0 Å². The first kappa shape index (κ1) is 17.0. The van der Waals surface area contributed by atoms with E-state index in [4.69, 9.17) is 10.5 Å². The summed E-state index contributed by atoms with van der Waals surface area (Å²) < 4.78 is 5.99.